The first kappa shape index (κ1) is 31.5. The van der Waals surface area contributed by atoms with Gasteiger partial charge in [-0.2, -0.15) is 0 Å². The van der Waals surface area contributed by atoms with Crippen LogP contribution in [0.5, 0.6) is 5.75 Å². The molecule has 0 spiro atoms. The summed E-state index contributed by atoms with van der Waals surface area (Å²) < 4.78 is 0. The average molecular weight is 515 g/mol. The van der Waals surface area contributed by atoms with Crippen LogP contribution in [-0.4, -0.2) is 32.6 Å². The van der Waals surface area contributed by atoms with Gasteiger partial charge in [0.2, 0.25) is 0 Å². The van der Waals surface area contributed by atoms with Crippen LogP contribution in [0.4, 0.5) is 0 Å². The van der Waals surface area contributed by atoms with Crippen molar-refractivity contribution in [1.29, 1.82) is 0 Å². The van der Waals surface area contributed by atoms with Gasteiger partial charge in [0.15, 0.2) is 5.96 Å². The molecule has 2 aromatic heterocycles. The molecule has 0 fully saturated rings. The third-order valence-corrected chi connectivity index (χ3v) is 4.92. The number of guanidine groups is 1. The third kappa shape index (κ3) is 14.8. The van der Waals surface area contributed by atoms with E-state index >= 15 is 0 Å². The van der Waals surface area contributed by atoms with Gasteiger partial charge < -0.3 is 26.5 Å². The lowest BCUT2D eigenvalue weighted by molar-refractivity contribution is 0.475. The zero-order chi connectivity index (χ0) is 28.2. The monoisotopic (exact) mass is 514 g/mol. The van der Waals surface area contributed by atoms with Gasteiger partial charge in [-0.15, -0.1) is 0 Å². The number of hydrogen-bond donors (Lipinski definition) is 5. The molecule has 0 aliphatic carbocycles. The third-order valence-electron chi connectivity index (χ3n) is 4.92. The predicted octanol–water partition coefficient (Wildman–Crippen LogP) is 6.56. The number of nitrogens with two attached hydrogens (primary N) is 2. The van der Waals surface area contributed by atoms with Crippen LogP contribution in [0.25, 0.3) is 10.9 Å². The number of rotatable bonds is 2. The molecular weight excluding hydrogens is 472 g/mol. The molecule has 202 valence electrons. The molecule has 0 radical (unpaired) electrons. The van der Waals surface area contributed by atoms with E-state index in [1.165, 1.54) is 27.6 Å². The SMILES string of the molecule is CCCN=C(N)N.Cc1c[nH]c2ccccc12.Cc1ccc(O)cc1.Cc1ccccc1.Cc1cnc[nH]1. The summed E-state index contributed by atoms with van der Waals surface area (Å²) in [6.45, 7) is 10.9. The fourth-order valence-corrected chi connectivity index (χ4v) is 2.86. The minimum atomic E-state index is 0.182. The number of imidazole rings is 1. The Morgan fingerprint density at radius 1 is 0.816 bits per heavy atom. The second-order valence-electron chi connectivity index (χ2n) is 8.55. The summed E-state index contributed by atoms with van der Waals surface area (Å²) in [6, 6.07) is 25.7. The zero-order valence-electron chi connectivity index (χ0n) is 23.1. The van der Waals surface area contributed by atoms with Gasteiger partial charge in [0.1, 0.15) is 5.75 Å². The van der Waals surface area contributed by atoms with Crippen LogP contribution in [0, 0.1) is 27.7 Å². The van der Waals surface area contributed by atoms with Gasteiger partial charge in [-0.25, -0.2) is 4.98 Å². The predicted molar refractivity (Wildman–Crippen MR) is 161 cm³/mol. The van der Waals surface area contributed by atoms with Crippen LogP contribution in [0.1, 0.15) is 35.7 Å². The molecule has 0 atom stereocenters. The van der Waals surface area contributed by atoms with Crippen molar-refractivity contribution in [1.82, 2.24) is 15.0 Å². The molecule has 0 amide bonds. The number of aliphatic imine (C=N–C) groups is 1. The molecule has 38 heavy (non-hydrogen) atoms. The van der Waals surface area contributed by atoms with Gasteiger partial charge >= 0.3 is 0 Å². The fourth-order valence-electron chi connectivity index (χ4n) is 2.86. The van der Waals surface area contributed by atoms with E-state index in [1.54, 1.807) is 24.7 Å². The number of fused-ring (bicyclic) bond motifs is 1. The van der Waals surface area contributed by atoms with E-state index in [1.807, 2.05) is 63.4 Å². The van der Waals surface area contributed by atoms with Crippen molar-refractivity contribution in [2.45, 2.75) is 41.0 Å². The largest absolute Gasteiger partial charge is 0.508 e. The Balaban J connectivity index is 0.000000241. The summed E-state index contributed by atoms with van der Waals surface area (Å²) in [5.74, 6) is 0.512. The van der Waals surface area contributed by atoms with E-state index in [4.69, 9.17) is 16.6 Å². The van der Waals surface area contributed by atoms with Crippen LogP contribution in [0.3, 0.4) is 0 Å². The van der Waals surface area contributed by atoms with E-state index in [0.717, 1.165) is 18.7 Å². The molecule has 2 heterocycles. The van der Waals surface area contributed by atoms with Gasteiger partial charge in [0.25, 0.3) is 0 Å². The molecular formula is C31H42N6O. The summed E-state index contributed by atoms with van der Waals surface area (Å²) >= 11 is 0. The van der Waals surface area contributed by atoms with E-state index in [2.05, 4.69) is 64.1 Å². The van der Waals surface area contributed by atoms with Crippen molar-refractivity contribution in [2.24, 2.45) is 16.5 Å². The number of aromatic amines is 2. The molecule has 0 aliphatic heterocycles. The minimum Gasteiger partial charge on any atom is -0.508 e. The number of nitrogens with one attached hydrogen (secondary N) is 2. The molecule has 3 aromatic carbocycles. The normalized spacial score (nSPS) is 9.18. The van der Waals surface area contributed by atoms with Crippen molar-refractivity contribution in [3.8, 4) is 5.75 Å². The van der Waals surface area contributed by atoms with Gasteiger partial charge in [0.05, 0.1) is 6.33 Å². The highest BCUT2D eigenvalue weighted by atomic mass is 16.3. The average Bonchev–Trinajstić information content (AvgIpc) is 3.55. The van der Waals surface area contributed by atoms with Crippen LogP contribution >= 0.6 is 0 Å². The molecule has 0 bridgehead atoms. The summed E-state index contributed by atoms with van der Waals surface area (Å²) in [5, 5.41) is 10.1. The zero-order valence-corrected chi connectivity index (χ0v) is 23.1. The lowest BCUT2D eigenvalue weighted by atomic mass is 10.2. The summed E-state index contributed by atoms with van der Waals surface area (Å²) in [7, 11) is 0. The quantitative estimate of drug-likeness (QED) is 0.135. The molecule has 0 saturated heterocycles. The lowest BCUT2D eigenvalue weighted by Crippen LogP contribution is -2.22. The Morgan fingerprint density at radius 3 is 1.82 bits per heavy atom. The van der Waals surface area contributed by atoms with Gasteiger partial charge in [-0.05, 0) is 57.9 Å². The molecule has 7 N–H and O–H groups in total. The highest BCUT2D eigenvalue weighted by Gasteiger charge is 1.94. The smallest absolute Gasteiger partial charge is 0.185 e. The van der Waals surface area contributed by atoms with E-state index < -0.39 is 0 Å². The Morgan fingerprint density at radius 2 is 1.42 bits per heavy atom. The number of aryl methyl sites for hydroxylation is 4. The second kappa shape index (κ2) is 18.7. The second-order valence-corrected chi connectivity index (χ2v) is 8.55. The van der Waals surface area contributed by atoms with Crippen LogP contribution in [-0.2, 0) is 0 Å². The minimum absolute atomic E-state index is 0.182. The number of aromatic hydroxyl groups is 1. The van der Waals surface area contributed by atoms with Crippen molar-refractivity contribution in [2.75, 3.05) is 6.54 Å². The first-order valence-electron chi connectivity index (χ1n) is 12.5. The van der Waals surface area contributed by atoms with Crippen LogP contribution in [0.15, 0.2) is 103 Å². The van der Waals surface area contributed by atoms with E-state index in [9.17, 15) is 0 Å². The maximum absolute atomic E-state index is 8.76. The first-order valence-corrected chi connectivity index (χ1v) is 12.5. The standard InChI is InChI=1S/C9H9N.C7H8O.C7H8.C4H11N3.C4H6N2/c1-7-6-10-9-5-3-2-4-8(7)9;1-6-2-4-7(8)5-3-6;1-7-5-3-2-4-6-7;1-2-3-7-4(5)6;1-4-2-5-3-6-4/h2-6,10H,1H3;2-5,8H,1H3;2-6H,1H3;2-3H2,1H3,(H4,5,6,7);2-3H,1H3,(H,5,6). The maximum atomic E-state index is 8.76. The highest BCUT2D eigenvalue weighted by Crippen LogP contribution is 2.15. The summed E-state index contributed by atoms with van der Waals surface area (Å²) in [5.41, 5.74) is 16.1. The molecule has 0 aliphatic rings. The molecule has 7 nitrogen and oxygen atoms in total. The van der Waals surface area contributed by atoms with Crippen molar-refractivity contribution >= 4 is 16.9 Å². The topological polar surface area (TPSA) is 129 Å². The number of phenols is 1. The molecule has 0 unspecified atom stereocenters. The first-order chi connectivity index (χ1) is 18.2. The van der Waals surface area contributed by atoms with Crippen molar-refractivity contribution in [3.63, 3.8) is 0 Å². The highest BCUT2D eigenvalue weighted by molar-refractivity contribution is 5.82. The number of hydrogen-bond acceptors (Lipinski definition) is 3. The molecule has 0 saturated carbocycles. The Hall–Kier alpha value is -4.52. The lowest BCUT2D eigenvalue weighted by Gasteiger charge is -1.89. The number of nitrogens with zero attached hydrogens (tertiary/aromatic N) is 2. The summed E-state index contributed by atoms with van der Waals surface area (Å²) in [4.78, 5) is 13.6. The Kier molecular flexibility index (Phi) is 15.5. The fraction of sp³-hybridized carbons (Fsp3) is 0.226. The van der Waals surface area contributed by atoms with Gasteiger partial charge in [-0.1, -0.05) is 78.7 Å². The van der Waals surface area contributed by atoms with E-state index in [-0.39, 0.29) is 5.96 Å². The maximum Gasteiger partial charge on any atom is 0.185 e. The van der Waals surface area contributed by atoms with E-state index in [0.29, 0.717) is 5.75 Å². The van der Waals surface area contributed by atoms with Crippen molar-refractivity contribution < 1.29 is 5.11 Å². The van der Waals surface area contributed by atoms with Gasteiger partial charge in [-0.3, -0.25) is 4.99 Å². The molecule has 5 aromatic rings. The van der Waals surface area contributed by atoms with Crippen molar-refractivity contribution in [3.05, 3.63) is 120 Å². The number of phenolic OH excluding ortho intramolecular Hbond substituents is 1. The summed E-state index contributed by atoms with van der Waals surface area (Å²) in [6.07, 6.45) is 6.47. The Labute approximate surface area is 226 Å². The number of H-pyrrole nitrogens is 2. The number of benzene rings is 3. The van der Waals surface area contributed by atoms with Crippen LogP contribution < -0.4 is 11.5 Å². The molecule has 5 rings (SSSR count). The molecule has 7 heteroatoms. The number of para-hydroxylation sites is 1. The number of aromatic nitrogens is 3. The van der Waals surface area contributed by atoms with Crippen LogP contribution in [0.2, 0.25) is 0 Å². The van der Waals surface area contributed by atoms with Gasteiger partial charge in [0, 0.05) is 35.5 Å². The Bertz CT molecular complexity index is 1250.